The van der Waals surface area contributed by atoms with Crippen molar-refractivity contribution in [1.29, 1.82) is 0 Å². The zero-order chi connectivity index (χ0) is 29.7. The third-order valence-corrected chi connectivity index (χ3v) is 6.69. The minimum atomic E-state index is -4.94. The number of para-hydroxylation sites is 1. The van der Waals surface area contributed by atoms with Gasteiger partial charge in [0.1, 0.15) is 5.82 Å². The smallest absolute Gasteiger partial charge is 0.357 e. The number of hydrogen-bond acceptors (Lipinski definition) is 6. The Bertz CT molecular complexity index is 1630. The van der Waals surface area contributed by atoms with E-state index in [0.717, 1.165) is 6.07 Å². The molecular weight excluding hydrogens is 546 g/mol. The van der Waals surface area contributed by atoms with Crippen LogP contribution in [0.15, 0.2) is 65.7 Å². The molecule has 1 atom stereocenters. The highest BCUT2D eigenvalue weighted by Crippen LogP contribution is 2.47. The van der Waals surface area contributed by atoms with Gasteiger partial charge < -0.3 is 11.1 Å². The van der Waals surface area contributed by atoms with E-state index in [4.69, 9.17) is 5.73 Å². The fourth-order valence-electron chi connectivity index (χ4n) is 4.82. The zero-order valence-electron chi connectivity index (χ0n) is 22.0. The molecule has 1 unspecified atom stereocenters. The molecule has 4 N–H and O–H groups in total. The SMILES string of the molecule is CNc1ncc2c(n1)N(C)C(=O)N(c1cc([N+]3(c4ccccc4)N=C(C(F)(F)F)C=C3NC(N)=O)c(F)cc1C)C2. The summed E-state index contributed by atoms with van der Waals surface area (Å²) in [5.74, 6) is -0.710. The van der Waals surface area contributed by atoms with Crippen LogP contribution in [0, 0.1) is 12.7 Å². The standard InChI is InChI=1S/C26H23F4N9O2/c1-14-9-17(27)19(10-18(14)38-13-15-12-33-24(32-2)35-22(15)37(3)25(38)41)39(16-7-5-4-6-8-16)21(34-23(31)40)11-20(36-39)26(28,29)30/h4-12H,13H2,1-3H3,(H3-,31,32,33,34,35,36,40)/p+1. The number of aromatic nitrogens is 2. The predicted molar refractivity (Wildman–Crippen MR) is 145 cm³/mol. The lowest BCUT2D eigenvalue weighted by Crippen LogP contribution is -2.47. The van der Waals surface area contributed by atoms with Gasteiger partial charge in [0.15, 0.2) is 11.5 Å². The highest BCUT2D eigenvalue weighted by molar-refractivity contribution is 6.06. The van der Waals surface area contributed by atoms with E-state index in [-0.39, 0.29) is 23.6 Å². The number of rotatable bonds is 5. The number of allylic oxidation sites excluding steroid dienone is 1. The number of hydrogen-bond donors (Lipinski definition) is 3. The molecule has 0 aliphatic carbocycles. The van der Waals surface area contributed by atoms with Crippen molar-refractivity contribution in [2.45, 2.75) is 19.6 Å². The maximum Gasteiger partial charge on any atom is 0.438 e. The molecule has 212 valence electrons. The van der Waals surface area contributed by atoms with E-state index < -0.39 is 40.2 Å². The number of nitrogens with zero attached hydrogens (tertiary/aromatic N) is 6. The summed E-state index contributed by atoms with van der Waals surface area (Å²) >= 11 is 0. The number of aryl methyl sites for hydroxylation is 1. The third-order valence-electron chi connectivity index (χ3n) is 6.69. The van der Waals surface area contributed by atoms with Crippen molar-refractivity contribution in [1.82, 2.24) is 19.9 Å². The molecule has 2 aliphatic rings. The summed E-state index contributed by atoms with van der Waals surface area (Å²) in [5, 5.41) is 8.92. The van der Waals surface area contributed by atoms with Crippen molar-refractivity contribution in [3.8, 4) is 0 Å². The Kier molecular flexibility index (Phi) is 6.61. The average molecular weight is 571 g/mol. The van der Waals surface area contributed by atoms with Crippen molar-refractivity contribution in [3.63, 3.8) is 0 Å². The Balaban J connectivity index is 1.74. The molecule has 2 aromatic carbocycles. The fourth-order valence-corrected chi connectivity index (χ4v) is 4.82. The zero-order valence-corrected chi connectivity index (χ0v) is 22.0. The van der Waals surface area contributed by atoms with E-state index in [1.165, 1.54) is 47.2 Å². The highest BCUT2D eigenvalue weighted by Gasteiger charge is 2.53. The molecule has 11 nitrogen and oxygen atoms in total. The summed E-state index contributed by atoms with van der Waals surface area (Å²) in [6.07, 6.45) is -2.80. The van der Waals surface area contributed by atoms with Crippen LogP contribution in [0.1, 0.15) is 11.1 Å². The number of carbonyl (C=O) groups excluding carboxylic acids is 2. The Morgan fingerprint density at radius 1 is 1.17 bits per heavy atom. The van der Waals surface area contributed by atoms with E-state index in [9.17, 15) is 22.8 Å². The number of nitrogens with two attached hydrogens (primary N) is 1. The molecule has 41 heavy (non-hydrogen) atoms. The molecule has 0 bridgehead atoms. The van der Waals surface area contributed by atoms with E-state index >= 15 is 4.39 Å². The number of carbonyl (C=O) groups is 2. The van der Waals surface area contributed by atoms with Crippen LogP contribution in [0.2, 0.25) is 0 Å². The minimum absolute atomic E-state index is 0.000941. The molecule has 4 amide bonds. The second-order valence-corrected chi connectivity index (χ2v) is 9.28. The van der Waals surface area contributed by atoms with Crippen molar-refractivity contribution in [2.24, 2.45) is 10.8 Å². The van der Waals surface area contributed by atoms with E-state index in [1.807, 2.05) is 0 Å². The van der Waals surface area contributed by atoms with Crippen molar-refractivity contribution in [2.75, 3.05) is 29.2 Å². The first-order valence-corrected chi connectivity index (χ1v) is 12.2. The van der Waals surface area contributed by atoms with Gasteiger partial charge in [0, 0.05) is 44.1 Å². The first kappa shape index (κ1) is 27.5. The third kappa shape index (κ3) is 4.59. The van der Waals surface area contributed by atoms with Gasteiger partial charge in [-0.05, 0) is 18.6 Å². The van der Waals surface area contributed by atoms with Crippen molar-refractivity contribution < 1.29 is 27.2 Å². The van der Waals surface area contributed by atoms with Crippen LogP contribution in [0.25, 0.3) is 0 Å². The van der Waals surface area contributed by atoms with Gasteiger partial charge in [-0.3, -0.25) is 15.1 Å². The lowest BCUT2D eigenvalue weighted by Gasteiger charge is -2.36. The summed E-state index contributed by atoms with van der Waals surface area (Å²) in [6.45, 7) is 1.56. The maximum absolute atomic E-state index is 15.9. The lowest BCUT2D eigenvalue weighted by atomic mass is 10.1. The Morgan fingerprint density at radius 3 is 2.51 bits per heavy atom. The Labute approximate surface area is 231 Å². The molecule has 1 aromatic heterocycles. The van der Waals surface area contributed by atoms with Crippen LogP contribution in [0.4, 0.5) is 56.0 Å². The number of urea groups is 2. The van der Waals surface area contributed by atoms with Gasteiger partial charge in [0.05, 0.1) is 18.3 Å². The number of benzene rings is 2. The molecule has 0 saturated carbocycles. The van der Waals surface area contributed by atoms with Crippen LogP contribution in [-0.2, 0) is 6.54 Å². The molecule has 0 spiro atoms. The van der Waals surface area contributed by atoms with E-state index in [0.29, 0.717) is 29.0 Å². The normalized spacial score (nSPS) is 18.6. The second-order valence-electron chi connectivity index (χ2n) is 9.28. The Morgan fingerprint density at radius 2 is 1.88 bits per heavy atom. The fraction of sp³-hybridized carbons (Fsp3) is 0.192. The van der Waals surface area contributed by atoms with Crippen molar-refractivity contribution >= 4 is 46.6 Å². The van der Waals surface area contributed by atoms with Crippen molar-refractivity contribution in [3.05, 3.63) is 77.5 Å². The molecular formula is C26H24F4N9O2+. The highest BCUT2D eigenvalue weighted by atomic mass is 19.4. The van der Waals surface area contributed by atoms with Gasteiger partial charge in [-0.25, -0.2) is 19.0 Å². The van der Waals surface area contributed by atoms with Crippen LogP contribution < -0.4 is 30.8 Å². The number of quaternary nitrogens is 1. The summed E-state index contributed by atoms with van der Waals surface area (Å²) < 4.78 is 56.6. The topological polar surface area (TPSA) is 129 Å². The summed E-state index contributed by atoms with van der Waals surface area (Å²) in [6, 6.07) is 8.21. The molecule has 5 rings (SSSR count). The molecule has 0 fully saturated rings. The van der Waals surface area contributed by atoms with Crippen LogP contribution in [0.5, 0.6) is 0 Å². The van der Waals surface area contributed by atoms with Crippen LogP contribution >= 0.6 is 0 Å². The summed E-state index contributed by atoms with van der Waals surface area (Å²) in [4.78, 5) is 36.6. The average Bonchev–Trinajstić information content (AvgIpc) is 3.31. The second kappa shape index (κ2) is 9.85. The number of anilines is 3. The molecule has 0 saturated heterocycles. The maximum atomic E-state index is 15.9. The number of fused-ring (bicyclic) bond motifs is 1. The molecule has 2 aliphatic heterocycles. The van der Waals surface area contributed by atoms with Crippen LogP contribution in [0.3, 0.4) is 0 Å². The number of primary amides is 1. The molecule has 15 heteroatoms. The molecule has 3 heterocycles. The van der Waals surface area contributed by atoms with E-state index in [2.05, 4.69) is 25.7 Å². The lowest BCUT2D eigenvalue weighted by molar-refractivity contribution is -0.0580. The largest absolute Gasteiger partial charge is 0.438 e. The van der Waals surface area contributed by atoms with Gasteiger partial charge in [-0.1, -0.05) is 27.9 Å². The van der Waals surface area contributed by atoms with Gasteiger partial charge in [0.2, 0.25) is 23.2 Å². The number of amides is 4. The predicted octanol–water partition coefficient (Wildman–Crippen LogP) is 4.62. The molecule has 3 aromatic rings. The Hall–Kier alpha value is -5.05. The quantitative estimate of drug-likeness (QED) is 0.305. The number of alkyl halides is 3. The minimum Gasteiger partial charge on any atom is -0.357 e. The molecule has 0 radical (unpaired) electrons. The van der Waals surface area contributed by atoms with Gasteiger partial charge in [-0.2, -0.15) is 18.2 Å². The van der Waals surface area contributed by atoms with Crippen LogP contribution in [-0.4, -0.2) is 48.0 Å². The van der Waals surface area contributed by atoms with Gasteiger partial charge in [0.25, 0.3) is 0 Å². The van der Waals surface area contributed by atoms with Gasteiger partial charge >= 0.3 is 18.2 Å². The van der Waals surface area contributed by atoms with Gasteiger partial charge in [-0.15, -0.1) is 0 Å². The monoisotopic (exact) mass is 570 g/mol. The summed E-state index contributed by atoms with van der Waals surface area (Å²) in [5.41, 5.74) is 4.72. The van der Waals surface area contributed by atoms with E-state index in [1.54, 1.807) is 26.2 Å². The first-order valence-electron chi connectivity index (χ1n) is 12.2. The number of nitrogens with one attached hydrogen (secondary N) is 2. The first-order chi connectivity index (χ1) is 19.4. The number of halogens is 4. The summed E-state index contributed by atoms with van der Waals surface area (Å²) in [7, 11) is 3.14.